The molecule has 1 atom stereocenters. The standard InChI is InChI=1S/C31H21BrN2O5/c32-22-9-10-25-21(15-22)17-26(39-25)29(35)27-28(34(31(37)30(27)36)18-19-11-13-33-14-12-19)20-5-4-8-24(16-20)38-23-6-2-1-3-7-23/h1-17,28,36H,18H2. The Balaban J connectivity index is 1.43. The molecule has 2 aromatic heterocycles. The third-order valence-corrected chi connectivity index (χ3v) is 7.00. The lowest BCUT2D eigenvalue weighted by Crippen LogP contribution is -2.30. The molecule has 0 fully saturated rings. The van der Waals surface area contributed by atoms with Gasteiger partial charge < -0.3 is 19.2 Å². The summed E-state index contributed by atoms with van der Waals surface area (Å²) in [6.07, 6.45) is 3.26. The second-order valence-corrected chi connectivity index (χ2v) is 9.98. The summed E-state index contributed by atoms with van der Waals surface area (Å²) >= 11 is 3.43. The second kappa shape index (κ2) is 10.2. The number of aliphatic hydroxyl groups excluding tert-OH is 1. The number of carbonyl (C=O) groups excluding carboxylic acids is 2. The van der Waals surface area contributed by atoms with E-state index in [4.69, 9.17) is 9.15 Å². The Morgan fingerprint density at radius 3 is 2.51 bits per heavy atom. The summed E-state index contributed by atoms with van der Waals surface area (Å²) in [5, 5.41) is 11.8. The molecule has 1 N–H and O–H groups in total. The minimum atomic E-state index is -0.877. The molecule has 1 amide bonds. The number of nitrogens with zero attached hydrogens (tertiary/aromatic N) is 2. The van der Waals surface area contributed by atoms with Crippen molar-refractivity contribution < 1.29 is 23.8 Å². The maximum Gasteiger partial charge on any atom is 0.290 e. The number of rotatable bonds is 7. The Hall–Kier alpha value is -4.69. The van der Waals surface area contributed by atoms with Crippen molar-refractivity contribution in [1.82, 2.24) is 9.88 Å². The lowest BCUT2D eigenvalue weighted by Gasteiger charge is -2.27. The van der Waals surface area contributed by atoms with Gasteiger partial charge in [-0.3, -0.25) is 14.6 Å². The van der Waals surface area contributed by atoms with E-state index in [1.807, 2.05) is 42.5 Å². The van der Waals surface area contributed by atoms with Gasteiger partial charge in [-0.25, -0.2) is 0 Å². The Kier molecular flexibility index (Phi) is 6.46. The molecule has 192 valence electrons. The van der Waals surface area contributed by atoms with Crippen LogP contribution in [0.1, 0.15) is 27.7 Å². The van der Waals surface area contributed by atoms with Crippen LogP contribution in [-0.2, 0) is 11.3 Å². The maximum absolute atomic E-state index is 13.9. The summed E-state index contributed by atoms with van der Waals surface area (Å²) in [6.45, 7) is 0.156. The van der Waals surface area contributed by atoms with Crippen LogP contribution < -0.4 is 4.74 Å². The van der Waals surface area contributed by atoms with E-state index >= 15 is 0 Å². The number of Topliss-reactive ketones (excluding diaryl/α,β-unsaturated/α-hetero) is 1. The van der Waals surface area contributed by atoms with Crippen LogP contribution in [0.4, 0.5) is 0 Å². The topological polar surface area (TPSA) is 92.9 Å². The van der Waals surface area contributed by atoms with Crippen molar-refractivity contribution in [2.75, 3.05) is 0 Å². The largest absolute Gasteiger partial charge is 0.503 e. The number of ketones is 1. The quantitative estimate of drug-likeness (QED) is 0.205. The highest BCUT2D eigenvalue weighted by molar-refractivity contribution is 9.10. The minimum absolute atomic E-state index is 0.0323. The number of carbonyl (C=O) groups is 2. The van der Waals surface area contributed by atoms with Crippen molar-refractivity contribution in [1.29, 1.82) is 0 Å². The SMILES string of the molecule is O=C(C1=C(O)C(=O)N(Cc2ccncc2)C1c1cccc(Oc2ccccc2)c1)c1cc2cc(Br)ccc2o1. The van der Waals surface area contributed by atoms with Crippen LogP contribution in [0.3, 0.4) is 0 Å². The lowest BCUT2D eigenvalue weighted by molar-refractivity contribution is -0.130. The Morgan fingerprint density at radius 1 is 0.949 bits per heavy atom. The smallest absolute Gasteiger partial charge is 0.290 e. The van der Waals surface area contributed by atoms with Gasteiger partial charge in [-0.05, 0) is 71.8 Å². The summed E-state index contributed by atoms with van der Waals surface area (Å²) in [6, 6.07) is 26.2. The highest BCUT2D eigenvalue weighted by atomic mass is 79.9. The molecular formula is C31H21BrN2O5. The van der Waals surface area contributed by atoms with E-state index in [1.165, 1.54) is 4.90 Å². The van der Waals surface area contributed by atoms with Gasteiger partial charge in [0.15, 0.2) is 11.5 Å². The van der Waals surface area contributed by atoms with Gasteiger partial charge in [-0.2, -0.15) is 0 Å². The van der Waals surface area contributed by atoms with Crippen LogP contribution >= 0.6 is 15.9 Å². The number of amides is 1. The van der Waals surface area contributed by atoms with E-state index in [0.717, 1.165) is 15.4 Å². The summed E-state index contributed by atoms with van der Waals surface area (Å²) in [7, 11) is 0. The third-order valence-electron chi connectivity index (χ3n) is 6.51. The number of ether oxygens (including phenoxy) is 1. The van der Waals surface area contributed by atoms with Gasteiger partial charge in [0.2, 0.25) is 5.78 Å². The Labute approximate surface area is 232 Å². The zero-order valence-corrected chi connectivity index (χ0v) is 22.0. The van der Waals surface area contributed by atoms with Gasteiger partial charge in [-0.15, -0.1) is 0 Å². The molecule has 6 rings (SSSR count). The molecule has 0 bridgehead atoms. The van der Waals surface area contributed by atoms with Crippen molar-refractivity contribution >= 4 is 38.6 Å². The van der Waals surface area contributed by atoms with Crippen molar-refractivity contribution in [2.24, 2.45) is 0 Å². The molecule has 0 radical (unpaired) electrons. The fourth-order valence-electron chi connectivity index (χ4n) is 4.71. The van der Waals surface area contributed by atoms with Crippen LogP contribution in [0.15, 0.2) is 124 Å². The molecule has 0 spiro atoms. The molecule has 3 heterocycles. The van der Waals surface area contributed by atoms with Crippen LogP contribution in [-0.4, -0.2) is 26.7 Å². The van der Waals surface area contributed by atoms with Crippen molar-refractivity contribution in [3.05, 3.63) is 136 Å². The molecule has 39 heavy (non-hydrogen) atoms. The zero-order chi connectivity index (χ0) is 26.9. The Morgan fingerprint density at radius 2 is 1.72 bits per heavy atom. The molecule has 0 saturated heterocycles. The molecule has 3 aromatic carbocycles. The highest BCUT2D eigenvalue weighted by Crippen LogP contribution is 2.41. The van der Waals surface area contributed by atoms with E-state index in [2.05, 4.69) is 20.9 Å². The number of benzene rings is 3. The van der Waals surface area contributed by atoms with Crippen molar-refractivity contribution in [3.63, 3.8) is 0 Å². The first-order valence-corrected chi connectivity index (χ1v) is 13.0. The number of aromatic nitrogens is 1. The fraction of sp³-hybridized carbons (Fsp3) is 0.0645. The average Bonchev–Trinajstić information content (AvgIpc) is 3.48. The summed E-state index contributed by atoms with van der Waals surface area (Å²) in [4.78, 5) is 32.8. The molecule has 1 aliphatic heterocycles. The van der Waals surface area contributed by atoms with Gasteiger partial charge in [0.1, 0.15) is 17.1 Å². The zero-order valence-electron chi connectivity index (χ0n) is 20.5. The number of fused-ring (bicyclic) bond motifs is 1. The average molecular weight is 581 g/mol. The van der Waals surface area contributed by atoms with Gasteiger partial charge in [0.25, 0.3) is 5.91 Å². The molecule has 8 heteroatoms. The maximum atomic E-state index is 13.9. The van der Waals surface area contributed by atoms with E-state index < -0.39 is 23.5 Å². The lowest BCUT2D eigenvalue weighted by atomic mass is 9.94. The van der Waals surface area contributed by atoms with Crippen LogP contribution in [0.25, 0.3) is 11.0 Å². The first kappa shape index (κ1) is 24.6. The van der Waals surface area contributed by atoms with Gasteiger partial charge in [0.05, 0.1) is 11.6 Å². The minimum Gasteiger partial charge on any atom is -0.503 e. The Bertz CT molecular complexity index is 1730. The van der Waals surface area contributed by atoms with Crippen LogP contribution in [0.5, 0.6) is 11.5 Å². The number of para-hydroxylation sites is 1. The van der Waals surface area contributed by atoms with Gasteiger partial charge >= 0.3 is 0 Å². The molecular weight excluding hydrogens is 560 g/mol. The molecule has 1 unspecified atom stereocenters. The van der Waals surface area contributed by atoms with Crippen molar-refractivity contribution in [2.45, 2.75) is 12.6 Å². The van der Waals surface area contributed by atoms with Crippen LogP contribution in [0.2, 0.25) is 0 Å². The normalized spacial score (nSPS) is 15.3. The molecule has 5 aromatic rings. The summed E-state index contributed by atoms with van der Waals surface area (Å²) < 4.78 is 12.7. The van der Waals surface area contributed by atoms with Gasteiger partial charge in [0, 0.05) is 28.8 Å². The van der Waals surface area contributed by atoms with E-state index in [0.29, 0.717) is 22.6 Å². The van der Waals surface area contributed by atoms with E-state index in [-0.39, 0.29) is 17.9 Å². The molecule has 7 nitrogen and oxygen atoms in total. The fourth-order valence-corrected chi connectivity index (χ4v) is 5.09. The first-order chi connectivity index (χ1) is 19.0. The molecule has 0 aliphatic carbocycles. The van der Waals surface area contributed by atoms with Crippen molar-refractivity contribution in [3.8, 4) is 11.5 Å². The number of halogens is 1. The number of furan rings is 1. The first-order valence-electron chi connectivity index (χ1n) is 12.2. The van der Waals surface area contributed by atoms with Gasteiger partial charge in [-0.1, -0.05) is 46.3 Å². The predicted molar refractivity (Wildman–Crippen MR) is 148 cm³/mol. The molecule has 0 saturated carbocycles. The molecule has 1 aliphatic rings. The number of hydrogen-bond acceptors (Lipinski definition) is 6. The third kappa shape index (κ3) is 4.82. The monoisotopic (exact) mass is 580 g/mol. The van der Waals surface area contributed by atoms with E-state index in [1.54, 1.807) is 60.9 Å². The number of pyridine rings is 1. The number of hydrogen-bond donors (Lipinski definition) is 1. The van der Waals surface area contributed by atoms with Crippen LogP contribution in [0, 0.1) is 0 Å². The predicted octanol–water partition coefficient (Wildman–Crippen LogP) is 7.16. The number of aliphatic hydroxyl groups is 1. The summed E-state index contributed by atoms with van der Waals surface area (Å²) in [5.41, 5.74) is 1.88. The highest BCUT2D eigenvalue weighted by Gasteiger charge is 2.44. The van der Waals surface area contributed by atoms with E-state index in [9.17, 15) is 14.7 Å². The summed E-state index contributed by atoms with van der Waals surface area (Å²) in [5.74, 6) is -0.603. The second-order valence-electron chi connectivity index (χ2n) is 9.06.